The lowest BCUT2D eigenvalue weighted by atomic mass is 10.1. The summed E-state index contributed by atoms with van der Waals surface area (Å²) in [4.78, 5) is 0. The van der Waals surface area contributed by atoms with Crippen LogP contribution < -0.4 is 0 Å². The summed E-state index contributed by atoms with van der Waals surface area (Å²) in [5.41, 5.74) is -1.26. The van der Waals surface area contributed by atoms with Gasteiger partial charge in [0.2, 0.25) is 0 Å². The zero-order chi connectivity index (χ0) is 13.8. The molecule has 0 aliphatic carbocycles. The quantitative estimate of drug-likeness (QED) is 0.654. The van der Waals surface area contributed by atoms with E-state index in [-0.39, 0.29) is 12.2 Å². The minimum Gasteiger partial charge on any atom is -0.386 e. The summed E-state index contributed by atoms with van der Waals surface area (Å²) in [6, 6.07) is 1.99. The topological polar surface area (TPSA) is 29.5 Å². The van der Waals surface area contributed by atoms with E-state index < -0.39 is 23.7 Å². The first-order valence-corrected chi connectivity index (χ1v) is 5.48. The van der Waals surface area contributed by atoms with E-state index in [2.05, 4.69) is 0 Å². The summed E-state index contributed by atoms with van der Waals surface area (Å²) in [6.45, 7) is 2.09. The molecule has 0 spiro atoms. The minimum absolute atomic E-state index is 0.140. The molecule has 1 aromatic rings. The van der Waals surface area contributed by atoms with Crippen LogP contribution in [0.2, 0.25) is 0 Å². The standard InChI is InChI=1S/C12H14F4O2/c1-2-3-18-7-11(17)8-4-9(12(14,15)16)6-10(13)5-8/h4-6,11,17H,2-3,7H2,1H3. The fraction of sp³-hybridized carbons (Fsp3) is 0.500. The van der Waals surface area contributed by atoms with E-state index >= 15 is 0 Å². The van der Waals surface area contributed by atoms with Gasteiger partial charge in [0.1, 0.15) is 11.9 Å². The largest absolute Gasteiger partial charge is 0.416 e. The third kappa shape index (κ3) is 4.27. The Kier molecular flexibility index (Phi) is 5.10. The normalized spacial score (nSPS) is 13.7. The summed E-state index contributed by atoms with van der Waals surface area (Å²) < 4.78 is 55.4. The maximum absolute atomic E-state index is 13.1. The Hall–Kier alpha value is -1.14. The minimum atomic E-state index is -4.64. The highest BCUT2D eigenvalue weighted by molar-refractivity contribution is 5.28. The molecule has 0 aliphatic heterocycles. The lowest BCUT2D eigenvalue weighted by Gasteiger charge is -2.14. The molecule has 2 nitrogen and oxygen atoms in total. The van der Waals surface area contributed by atoms with Crippen molar-refractivity contribution < 1.29 is 27.4 Å². The maximum Gasteiger partial charge on any atom is 0.416 e. The summed E-state index contributed by atoms with van der Waals surface area (Å²) in [6.07, 6.45) is -5.18. The monoisotopic (exact) mass is 266 g/mol. The van der Waals surface area contributed by atoms with Gasteiger partial charge < -0.3 is 9.84 Å². The summed E-state index contributed by atoms with van der Waals surface area (Å²) in [5, 5.41) is 9.60. The van der Waals surface area contributed by atoms with Crippen molar-refractivity contribution in [1.82, 2.24) is 0 Å². The molecular weight excluding hydrogens is 252 g/mol. The van der Waals surface area contributed by atoms with Crippen molar-refractivity contribution in [1.29, 1.82) is 0 Å². The first-order chi connectivity index (χ1) is 8.34. The predicted octanol–water partition coefficient (Wildman–Crippen LogP) is 3.30. The van der Waals surface area contributed by atoms with E-state index in [0.717, 1.165) is 18.6 Å². The summed E-state index contributed by atoms with van der Waals surface area (Å²) in [7, 11) is 0. The Balaban J connectivity index is 2.85. The Morgan fingerprint density at radius 2 is 1.94 bits per heavy atom. The molecule has 1 rings (SSSR count). The van der Waals surface area contributed by atoms with Crippen molar-refractivity contribution in [3.05, 3.63) is 35.1 Å². The second kappa shape index (κ2) is 6.15. The number of halogens is 4. The van der Waals surface area contributed by atoms with Gasteiger partial charge >= 0.3 is 6.18 Å². The molecule has 0 heterocycles. The van der Waals surface area contributed by atoms with Crippen LogP contribution in [0, 0.1) is 5.82 Å². The first kappa shape index (κ1) is 14.9. The van der Waals surface area contributed by atoms with Crippen LogP contribution in [0.15, 0.2) is 18.2 Å². The van der Waals surface area contributed by atoms with Crippen LogP contribution in [-0.4, -0.2) is 18.3 Å². The number of benzene rings is 1. The van der Waals surface area contributed by atoms with Gasteiger partial charge in [-0.3, -0.25) is 0 Å². The van der Waals surface area contributed by atoms with Crippen LogP contribution in [-0.2, 0) is 10.9 Å². The molecule has 1 N–H and O–H groups in total. The van der Waals surface area contributed by atoms with E-state index in [1.165, 1.54) is 0 Å². The molecule has 102 valence electrons. The van der Waals surface area contributed by atoms with E-state index in [9.17, 15) is 22.7 Å². The highest BCUT2D eigenvalue weighted by atomic mass is 19.4. The molecule has 18 heavy (non-hydrogen) atoms. The van der Waals surface area contributed by atoms with Gasteiger partial charge in [-0.15, -0.1) is 0 Å². The first-order valence-electron chi connectivity index (χ1n) is 5.48. The number of aliphatic hydroxyl groups excluding tert-OH is 1. The molecule has 1 atom stereocenters. The molecule has 1 aromatic carbocycles. The van der Waals surface area contributed by atoms with Crippen molar-refractivity contribution in [3.8, 4) is 0 Å². The Morgan fingerprint density at radius 1 is 1.28 bits per heavy atom. The van der Waals surface area contributed by atoms with E-state index in [0.29, 0.717) is 12.7 Å². The molecule has 0 radical (unpaired) electrons. The zero-order valence-corrected chi connectivity index (χ0v) is 9.80. The average Bonchev–Trinajstić information content (AvgIpc) is 2.27. The Morgan fingerprint density at radius 3 is 2.50 bits per heavy atom. The fourth-order valence-electron chi connectivity index (χ4n) is 1.40. The molecule has 0 aromatic heterocycles. The second-order valence-corrected chi connectivity index (χ2v) is 3.86. The number of hydrogen-bond acceptors (Lipinski definition) is 2. The lowest BCUT2D eigenvalue weighted by Crippen LogP contribution is -2.11. The number of ether oxygens (including phenoxy) is 1. The van der Waals surface area contributed by atoms with Gasteiger partial charge in [0.05, 0.1) is 12.2 Å². The third-order valence-electron chi connectivity index (χ3n) is 2.26. The van der Waals surface area contributed by atoms with Gasteiger partial charge in [-0.05, 0) is 30.2 Å². The summed E-state index contributed by atoms with van der Waals surface area (Å²) >= 11 is 0. The molecule has 1 unspecified atom stereocenters. The van der Waals surface area contributed by atoms with Crippen molar-refractivity contribution in [2.45, 2.75) is 25.6 Å². The highest BCUT2D eigenvalue weighted by Gasteiger charge is 2.31. The molecule has 0 aliphatic rings. The maximum atomic E-state index is 13.1. The van der Waals surface area contributed by atoms with Gasteiger partial charge in [0.15, 0.2) is 0 Å². The van der Waals surface area contributed by atoms with Crippen molar-refractivity contribution in [3.63, 3.8) is 0 Å². The molecule has 0 amide bonds. The number of alkyl halides is 3. The van der Waals surface area contributed by atoms with Crippen LogP contribution in [0.3, 0.4) is 0 Å². The second-order valence-electron chi connectivity index (χ2n) is 3.86. The zero-order valence-electron chi connectivity index (χ0n) is 9.80. The van der Waals surface area contributed by atoms with Gasteiger partial charge in [0, 0.05) is 6.61 Å². The molecule has 0 fully saturated rings. The van der Waals surface area contributed by atoms with Crippen molar-refractivity contribution in [2.24, 2.45) is 0 Å². The number of aliphatic hydroxyl groups is 1. The number of rotatable bonds is 5. The number of hydrogen-bond donors (Lipinski definition) is 1. The molecular formula is C12H14F4O2. The Bertz CT molecular complexity index is 390. The van der Waals surface area contributed by atoms with Crippen LogP contribution in [0.25, 0.3) is 0 Å². The third-order valence-corrected chi connectivity index (χ3v) is 2.26. The lowest BCUT2D eigenvalue weighted by molar-refractivity contribution is -0.137. The molecule has 0 saturated heterocycles. The van der Waals surface area contributed by atoms with Gasteiger partial charge in [-0.25, -0.2) is 4.39 Å². The molecule has 6 heteroatoms. The van der Waals surface area contributed by atoms with Crippen LogP contribution in [0.5, 0.6) is 0 Å². The van der Waals surface area contributed by atoms with Crippen molar-refractivity contribution in [2.75, 3.05) is 13.2 Å². The average molecular weight is 266 g/mol. The van der Waals surface area contributed by atoms with Gasteiger partial charge in [-0.1, -0.05) is 6.92 Å². The van der Waals surface area contributed by atoms with Crippen LogP contribution in [0.1, 0.15) is 30.6 Å². The fourth-order valence-corrected chi connectivity index (χ4v) is 1.40. The van der Waals surface area contributed by atoms with Crippen LogP contribution in [0.4, 0.5) is 17.6 Å². The predicted molar refractivity (Wildman–Crippen MR) is 57.5 cm³/mol. The SMILES string of the molecule is CCCOCC(O)c1cc(F)cc(C(F)(F)F)c1. The van der Waals surface area contributed by atoms with E-state index in [1.807, 2.05) is 6.92 Å². The van der Waals surface area contributed by atoms with E-state index in [4.69, 9.17) is 4.74 Å². The smallest absolute Gasteiger partial charge is 0.386 e. The molecule has 0 bridgehead atoms. The Labute approximate surface area is 102 Å². The van der Waals surface area contributed by atoms with Gasteiger partial charge in [-0.2, -0.15) is 13.2 Å². The van der Waals surface area contributed by atoms with Gasteiger partial charge in [0.25, 0.3) is 0 Å². The van der Waals surface area contributed by atoms with Crippen LogP contribution >= 0.6 is 0 Å². The summed E-state index contributed by atoms with van der Waals surface area (Å²) in [5.74, 6) is -1.03. The highest BCUT2D eigenvalue weighted by Crippen LogP contribution is 2.31. The van der Waals surface area contributed by atoms with Crippen molar-refractivity contribution >= 4 is 0 Å². The molecule has 0 saturated carbocycles. The van der Waals surface area contributed by atoms with E-state index in [1.54, 1.807) is 0 Å².